The molecule has 0 fully saturated rings. The van der Waals surface area contributed by atoms with Gasteiger partial charge >= 0.3 is 0 Å². The summed E-state index contributed by atoms with van der Waals surface area (Å²) in [6.45, 7) is 13.7. The van der Waals surface area contributed by atoms with Crippen LogP contribution in [-0.2, 0) is 9.47 Å². The molecule has 0 amide bonds. The lowest BCUT2D eigenvalue weighted by Crippen LogP contribution is -2.22. The molecule has 0 aromatic heterocycles. The van der Waals surface area contributed by atoms with E-state index in [2.05, 4.69) is 26.2 Å². The molecule has 0 heterocycles. The Kier molecular flexibility index (Phi) is 8.04. The second-order valence-corrected chi connectivity index (χ2v) is 12.6. The fourth-order valence-electron chi connectivity index (χ4n) is 1.92. The standard InChI is InChI=1S/C18H30O3Si/c1-15(16(2)19)13-18(17-9-7-6-8-10-17)21-14-20-11-12-22(3,4)5/h6-10,16,18-19H,1,11-14H2,2-5H3/t16-,18-/m1/s1. The summed E-state index contributed by atoms with van der Waals surface area (Å²) in [5.74, 6) is 0. The highest BCUT2D eigenvalue weighted by molar-refractivity contribution is 6.76. The van der Waals surface area contributed by atoms with Crippen molar-refractivity contribution < 1.29 is 14.6 Å². The average molecular weight is 323 g/mol. The maximum atomic E-state index is 9.63. The van der Waals surface area contributed by atoms with Gasteiger partial charge in [-0.3, -0.25) is 0 Å². The lowest BCUT2D eigenvalue weighted by atomic mass is 10.00. The Labute approximate surface area is 136 Å². The van der Waals surface area contributed by atoms with Gasteiger partial charge in [-0.1, -0.05) is 56.6 Å². The third-order valence-corrected chi connectivity index (χ3v) is 5.26. The average Bonchev–Trinajstić information content (AvgIpc) is 2.45. The molecular weight excluding hydrogens is 292 g/mol. The first-order valence-corrected chi connectivity index (χ1v) is 11.6. The predicted molar refractivity (Wildman–Crippen MR) is 94.7 cm³/mol. The first-order valence-electron chi connectivity index (χ1n) is 7.89. The second kappa shape index (κ2) is 9.25. The van der Waals surface area contributed by atoms with E-state index in [0.717, 1.165) is 23.8 Å². The van der Waals surface area contributed by atoms with E-state index in [1.807, 2.05) is 30.3 Å². The monoisotopic (exact) mass is 322 g/mol. The summed E-state index contributed by atoms with van der Waals surface area (Å²) in [5.41, 5.74) is 1.86. The third kappa shape index (κ3) is 7.89. The van der Waals surface area contributed by atoms with E-state index >= 15 is 0 Å². The molecule has 124 valence electrons. The lowest BCUT2D eigenvalue weighted by molar-refractivity contribution is -0.0884. The van der Waals surface area contributed by atoms with Gasteiger partial charge in [0.2, 0.25) is 0 Å². The van der Waals surface area contributed by atoms with Crippen molar-refractivity contribution in [3.05, 3.63) is 48.0 Å². The van der Waals surface area contributed by atoms with Gasteiger partial charge in [-0.15, -0.1) is 0 Å². The summed E-state index contributed by atoms with van der Waals surface area (Å²) in [6.07, 6.45) is -0.0585. The maximum absolute atomic E-state index is 9.63. The minimum absolute atomic E-state index is 0.129. The summed E-state index contributed by atoms with van der Waals surface area (Å²) < 4.78 is 11.5. The number of ether oxygens (including phenoxy) is 2. The molecule has 4 heteroatoms. The molecule has 1 aromatic carbocycles. The molecule has 0 aliphatic heterocycles. The van der Waals surface area contributed by atoms with Crippen molar-refractivity contribution in [2.24, 2.45) is 0 Å². The van der Waals surface area contributed by atoms with Gasteiger partial charge in [0.1, 0.15) is 6.79 Å². The van der Waals surface area contributed by atoms with Gasteiger partial charge in [-0.25, -0.2) is 0 Å². The Morgan fingerprint density at radius 3 is 2.41 bits per heavy atom. The van der Waals surface area contributed by atoms with Gasteiger partial charge in [0.15, 0.2) is 0 Å². The first-order chi connectivity index (χ1) is 10.3. The second-order valence-electron chi connectivity index (χ2n) is 6.94. The van der Waals surface area contributed by atoms with Crippen LogP contribution >= 0.6 is 0 Å². The fraction of sp³-hybridized carbons (Fsp3) is 0.556. The molecule has 0 aliphatic carbocycles. The molecule has 1 rings (SSSR count). The number of rotatable bonds is 10. The van der Waals surface area contributed by atoms with E-state index < -0.39 is 14.2 Å². The van der Waals surface area contributed by atoms with Crippen molar-refractivity contribution in [3.63, 3.8) is 0 Å². The molecule has 1 aromatic rings. The van der Waals surface area contributed by atoms with E-state index in [4.69, 9.17) is 9.47 Å². The summed E-state index contributed by atoms with van der Waals surface area (Å²) in [6, 6.07) is 11.1. The van der Waals surface area contributed by atoms with Gasteiger partial charge in [0, 0.05) is 21.1 Å². The van der Waals surface area contributed by atoms with Crippen LogP contribution in [0.3, 0.4) is 0 Å². The highest BCUT2D eigenvalue weighted by Gasteiger charge is 2.16. The smallest absolute Gasteiger partial charge is 0.147 e. The van der Waals surface area contributed by atoms with E-state index in [-0.39, 0.29) is 12.9 Å². The van der Waals surface area contributed by atoms with Crippen molar-refractivity contribution in [2.75, 3.05) is 13.4 Å². The van der Waals surface area contributed by atoms with Crippen molar-refractivity contribution in [1.82, 2.24) is 0 Å². The molecule has 2 atom stereocenters. The zero-order valence-corrected chi connectivity index (χ0v) is 15.3. The van der Waals surface area contributed by atoms with Gasteiger partial charge in [0.05, 0.1) is 12.2 Å². The molecule has 0 spiro atoms. The summed E-state index contributed by atoms with van der Waals surface area (Å²) in [4.78, 5) is 0. The summed E-state index contributed by atoms with van der Waals surface area (Å²) in [7, 11) is -1.07. The van der Waals surface area contributed by atoms with Crippen LogP contribution in [0, 0.1) is 0 Å². The van der Waals surface area contributed by atoms with Crippen LogP contribution in [-0.4, -0.2) is 32.7 Å². The Balaban J connectivity index is 2.51. The predicted octanol–water partition coefficient (Wildman–Crippen LogP) is 4.38. The molecule has 22 heavy (non-hydrogen) atoms. The number of benzene rings is 1. The fourth-order valence-corrected chi connectivity index (χ4v) is 2.67. The van der Waals surface area contributed by atoms with Gasteiger partial charge < -0.3 is 14.6 Å². The topological polar surface area (TPSA) is 38.7 Å². The summed E-state index contributed by atoms with van der Waals surface area (Å²) >= 11 is 0. The molecule has 0 unspecified atom stereocenters. The van der Waals surface area contributed by atoms with E-state index in [1.165, 1.54) is 0 Å². The van der Waals surface area contributed by atoms with Crippen LogP contribution in [0.25, 0.3) is 0 Å². The number of aliphatic hydroxyl groups is 1. The van der Waals surface area contributed by atoms with Crippen LogP contribution in [0.1, 0.15) is 25.0 Å². The van der Waals surface area contributed by atoms with Crippen LogP contribution in [0.4, 0.5) is 0 Å². The van der Waals surface area contributed by atoms with Crippen molar-refractivity contribution in [3.8, 4) is 0 Å². The molecule has 0 radical (unpaired) electrons. The highest BCUT2D eigenvalue weighted by Crippen LogP contribution is 2.25. The van der Waals surface area contributed by atoms with Crippen molar-refractivity contribution in [2.45, 2.75) is 51.2 Å². The third-order valence-electron chi connectivity index (χ3n) is 3.56. The Morgan fingerprint density at radius 2 is 1.86 bits per heavy atom. The maximum Gasteiger partial charge on any atom is 0.147 e. The van der Waals surface area contributed by atoms with Gasteiger partial charge in [-0.2, -0.15) is 0 Å². The zero-order valence-electron chi connectivity index (χ0n) is 14.3. The summed E-state index contributed by atoms with van der Waals surface area (Å²) in [5, 5.41) is 9.63. The first kappa shape index (κ1) is 19.1. The normalized spacial score (nSPS) is 14.6. The van der Waals surface area contributed by atoms with E-state index in [9.17, 15) is 5.11 Å². The molecule has 0 bridgehead atoms. The SMILES string of the molecule is C=C(C[C@@H](OCOCC[Si](C)(C)C)c1ccccc1)[C@@H](C)O. The number of aliphatic hydroxyl groups excluding tert-OH is 1. The molecule has 1 N–H and O–H groups in total. The quantitative estimate of drug-likeness (QED) is 0.301. The number of hydrogen-bond donors (Lipinski definition) is 1. The Morgan fingerprint density at radius 1 is 1.23 bits per heavy atom. The van der Waals surface area contributed by atoms with Gasteiger partial charge in [-0.05, 0) is 24.1 Å². The van der Waals surface area contributed by atoms with Crippen LogP contribution in [0.15, 0.2) is 42.5 Å². The van der Waals surface area contributed by atoms with Gasteiger partial charge in [0.25, 0.3) is 0 Å². The van der Waals surface area contributed by atoms with Crippen molar-refractivity contribution in [1.29, 1.82) is 0 Å². The Bertz CT molecular complexity index is 437. The van der Waals surface area contributed by atoms with E-state index in [1.54, 1.807) is 6.92 Å². The Hall–Kier alpha value is -0.943. The molecular formula is C18H30O3Si. The molecule has 3 nitrogen and oxygen atoms in total. The highest BCUT2D eigenvalue weighted by atomic mass is 28.3. The largest absolute Gasteiger partial charge is 0.389 e. The van der Waals surface area contributed by atoms with Crippen molar-refractivity contribution >= 4 is 8.07 Å². The number of hydrogen-bond acceptors (Lipinski definition) is 3. The van der Waals surface area contributed by atoms with E-state index in [0.29, 0.717) is 6.42 Å². The van der Waals surface area contributed by atoms with Crippen LogP contribution in [0.2, 0.25) is 25.7 Å². The minimum atomic E-state index is -1.07. The van der Waals surface area contributed by atoms with Crippen LogP contribution < -0.4 is 0 Å². The minimum Gasteiger partial charge on any atom is -0.389 e. The molecule has 0 aliphatic rings. The lowest BCUT2D eigenvalue weighted by Gasteiger charge is -2.21. The van der Waals surface area contributed by atoms with Crippen LogP contribution in [0.5, 0.6) is 0 Å². The molecule has 0 saturated carbocycles. The molecule has 0 saturated heterocycles. The zero-order chi connectivity index (χ0) is 16.6.